The smallest absolute Gasteiger partial charge is 0.225 e. The van der Waals surface area contributed by atoms with Gasteiger partial charge in [0.2, 0.25) is 5.91 Å². The Kier molecular flexibility index (Phi) is 6.34. The molecule has 1 aromatic heterocycles. The van der Waals surface area contributed by atoms with Crippen LogP contribution in [0.25, 0.3) is 0 Å². The van der Waals surface area contributed by atoms with Gasteiger partial charge in [0.25, 0.3) is 0 Å². The highest BCUT2D eigenvalue weighted by Crippen LogP contribution is 2.31. The van der Waals surface area contributed by atoms with Gasteiger partial charge in [-0.25, -0.2) is 0 Å². The number of fused-ring (bicyclic) bond motifs is 1. The van der Waals surface area contributed by atoms with Crippen molar-refractivity contribution in [2.45, 2.75) is 39.7 Å². The summed E-state index contributed by atoms with van der Waals surface area (Å²) in [7, 11) is 1.77. The number of benzene rings is 1. The molecule has 0 fully saturated rings. The number of aliphatic imine (C=N–C) groups is 1. The standard InChI is InChI=1S/C21H30N6O/c1-14(13-27-16(3)9-15(2)26-27)11-23-21(22-4)24-12-17-10-20(28)25-19-8-6-5-7-18(17)19/h5-9,14,17H,10-13H2,1-4H3,(H,25,28)(H2,22,23,24). The summed E-state index contributed by atoms with van der Waals surface area (Å²) in [6, 6.07) is 10.1. The number of hydrogen-bond donors (Lipinski definition) is 3. The van der Waals surface area contributed by atoms with Crippen LogP contribution in [0.2, 0.25) is 0 Å². The predicted octanol–water partition coefficient (Wildman–Crippen LogP) is 2.43. The minimum Gasteiger partial charge on any atom is -0.356 e. The van der Waals surface area contributed by atoms with E-state index >= 15 is 0 Å². The van der Waals surface area contributed by atoms with E-state index in [1.54, 1.807) is 7.05 Å². The van der Waals surface area contributed by atoms with Gasteiger partial charge in [0.15, 0.2) is 5.96 Å². The number of amides is 1. The lowest BCUT2D eigenvalue weighted by molar-refractivity contribution is -0.116. The summed E-state index contributed by atoms with van der Waals surface area (Å²) >= 11 is 0. The average Bonchev–Trinajstić information content (AvgIpc) is 2.98. The molecule has 2 atom stereocenters. The van der Waals surface area contributed by atoms with Crippen LogP contribution in [0.5, 0.6) is 0 Å². The van der Waals surface area contributed by atoms with Crippen LogP contribution in [-0.2, 0) is 11.3 Å². The third-order valence-corrected chi connectivity index (χ3v) is 5.05. The summed E-state index contributed by atoms with van der Waals surface area (Å²) in [5, 5.41) is 14.2. The fourth-order valence-electron chi connectivity index (χ4n) is 3.61. The van der Waals surface area contributed by atoms with Gasteiger partial charge in [0.05, 0.1) is 5.69 Å². The van der Waals surface area contributed by atoms with E-state index in [9.17, 15) is 4.79 Å². The number of carbonyl (C=O) groups is 1. The predicted molar refractivity (Wildman–Crippen MR) is 113 cm³/mol. The number of aryl methyl sites for hydroxylation is 2. The largest absolute Gasteiger partial charge is 0.356 e. The number of aromatic nitrogens is 2. The van der Waals surface area contributed by atoms with E-state index in [2.05, 4.69) is 56.7 Å². The molecule has 0 radical (unpaired) electrons. The van der Waals surface area contributed by atoms with Gasteiger partial charge in [-0.3, -0.25) is 14.5 Å². The highest BCUT2D eigenvalue weighted by atomic mass is 16.1. The van der Waals surface area contributed by atoms with E-state index in [1.807, 2.05) is 25.1 Å². The highest BCUT2D eigenvalue weighted by Gasteiger charge is 2.24. The maximum Gasteiger partial charge on any atom is 0.225 e. The zero-order valence-electron chi connectivity index (χ0n) is 17.1. The summed E-state index contributed by atoms with van der Waals surface area (Å²) < 4.78 is 2.05. The number of anilines is 1. The molecule has 150 valence electrons. The van der Waals surface area contributed by atoms with Crippen LogP contribution >= 0.6 is 0 Å². The van der Waals surface area contributed by atoms with E-state index in [-0.39, 0.29) is 11.8 Å². The second-order valence-electron chi connectivity index (χ2n) is 7.58. The number of carbonyl (C=O) groups excluding carboxylic acids is 1. The summed E-state index contributed by atoms with van der Waals surface area (Å²) in [6.07, 6.45) is 0.481. The average molecular weight is 383 g/mol. The van der Waals surface area contributed by atoms with Gasteiger partial charge in [-0.05, 0) is 37.5 Å². The molecule has 0 saturated carbocycles. The second kappa shape index (κ2) is 8.91. The fourth-order valence-corrected chi connectivity index (χ4v) is 3.61. The van der Waals surface area contributed by atoms with Crippen LogP contribution in [0.1, 0.15) is 36.2 Å². The third-order valence-electron chi connectivity index (χ3n) is 5.05. The van der Waals surface area contributed by atoms with E-state index < -0.39 is 0 Å². The van der Waals surface area contributed by atoms with Gasteiger partial charge in [-0.15, -0.1) is 0 Å². The fraction of sp³-hybridized carbons (Fsp3) is 0.476. The van der Waals surface area contributed by atoms with E-state index in [4.69, 9.17) is 0 Å². The summed E-state index contributed by atoms with van der Waals surface area (Å²) in [5.41, 5.74) is 4.31. The Labute approximate surface area is 166 Å². The molecule has 3 rings (SSSR count). The van der Waals surface area contributed by atoms with Crippen molar-refractivity contribution in [1.82, 2.24) is 20.4 Å². The van der Waals surface area contributed by atoms with Gasteiger partial charge in [-0.1, -0.05) is 25.1 Å². The lowest BCUT2D eigenvalue weighted by Crippen LogP contribution is -2.42. The van der Waals surface area contributed by atoms with Crippen LogP contribution in [0.4, 0.5) is 5.69 Å². The zero-order valence-corrected chi connectivity index (χ0v) is 17.1. The first kappa shape index (κ1) is 19.9. The van der Waals surface area contributed by atoms with Gasteiger partial charge in [0, 0.05) is 50.4 Å². The van der Waals surface area contributed by atoms with Crippen LogP contribution in [-0.4, -0.2) is 41.8 Å². The summed E-state index contributed by atoms with van der Waals surface area (Å²) in [4.78, 5) is 16.3. The van der Waals surface area contributed by atoms with Gasteiger partial charge in [-0.2, -0.15) is 5.10 Å². The Morgan fingerprint density at radius 3 is 2.86 bits per heavy atom. The molecule has 7 heteroatoms. The van der Waals surface area contributed by atoms with Crippen LogP contribution in [0.15, 0.2) is 35.3 Å². The number of rotatable bonds is 6. The number of nitrogens with one attached hydrogen (secondary N) is 3. The molecule has 3 N–H and O–H groups in total. The van der Waals surface area contributed by atoms with Crippen molar-refractivity contribution in [3.8, 4) is 0 Å². The molecule has 1 amide bonds. The molecular weight excluding hydrogens is 352 g/mol. The van der Waals surface area contributed by atoms with Gasteiger partial charge in [0.1, 0.15) is 0 Å². The Bertz CT molecular complexity index is 856. The van der Waals surface area contributed by atoms with Crippen molar-refractivity contribution < 1.29 is 4.79 Å². The van der Waals surface area contributed by atoms with Crippen LogP contribution < -0.4 is 16.0 Å². The molecular formula is C21H30N6O. The first-order valence-corrected chi connectivity index (χ1v) is 9.80. The van der Waals surface area contributed by atoms with Crippen LogP contribution in [0, 0.1) is 19.8 Å². The first-order valence-electron chi connectivity index (χ1n) is 9.80. The molecule has 0 spiro atoms. The highest BCUT2D eigenvalue weighted by molar-refractivity contribution is 5.94. The molecule has 2 aromatic rings. The number of para-hydroxylation sites is 1. The molecule has 1 aliphatic heterocycles. The first-order chi connectivity index (χ1) is 13.5. The van der Waals surface area contributed by atoms with Crippen molar-refractivity contribution in [3.63, 3.8) is 0 Å². The second-order valence-corrected chi connectivity index (χ2v) is 7.58. The molecule has 2 unspecified atom stereocenters. The molecule has 1 aliphatic rings. The Balaban J connectivity index is 1.51. The molecule has 0 bridgehead atoms. The van der Waals surface area contributed by atoms with E-state index in [0.717, 1.165) is 30.4 Å². The van der Waals surface area contributed by atoms with Crippen LogP contribution in [0.3, 0.4) is 0 Å². The molecule has 2 heterocycles. The van der Waals surface area contributed by atoms with Gasteiger partial charge >= 0.3 is 0 Å². The zero-order chi connectivity index (χ0) is 20.1. The molecule has 0 aliphatic carbocycles. The number of hydrogen-bond acceptors (Lipinski definition) is 3. The van der Waals surface area contributed by atoms with Crippen molar-refractivity contribution in [1.29, 1.82) is 0 Å². The third kappa shape index (κ3) is 4.91. The quantitative estimate of drug-likeness (QED) is 0.529. The van der Waals surface area contributed by atoms with Crippen molar-refractivity contribution in [2.24, 2.45) is 10.9 Å². The molecule has 7 nitrogen and oxygen atoms in total. The Morgan fingerprint density at radius 2 is 2.14 bits per heavy atom. The number of guanidine groups is 1. The normalized spacial score (nSPS) is 17.6. The SMILES string of the molecule is CN=C(NCC(C)Cn1nc(C)cc1C)NCC1CC(=O)Nc2ccccc21. The van der Waals surface area contributed by atoms with Crippen molar-refractivity contribution in [3.05, 3.63) is 47.3 Å². The lowest BCUT2D eigenvalue weighted by atomic mass is 9.90. The minimum absolute atomic E-state index is 0.0620. The molecule has 1 aromatic carbocycles. The van der Waals surface area contributed by atoms with Gasteiger partial charge < -0.3 is 16.0 Å². The number of nitrogens with zero attached hydrogens (tertiary/aromatic N) is 3. The Hall–Kier alpha value is -2.83. The lowest BCUT2D eigenvalue weighted by Gasteiger charge is -2.26. The van der Waals surface area contributed by atoms with Crippen molar-refractivity contribution in [2.75, 3.05) is 25.5 Å². The van der Waals surface area contributed by atoms with Crippen molar-refractivity contribution >= 4 is 17.6 Å². The monoisotopic (exact) mass is 382 g/mol. The molecule has 28 heavy (non-hydrogen) atoms. The minimum atomic E-state index is 0.0620. The summed E-state index contributed by atoms with van der Waals surface area (Å²) in [6.45, 7) is 8.61. The Morgan fingerprint density at radius 1 is 1.36 bits per heavy atom. The topological polar surface area (TPSA) is 83.3 Å². The maximum atomic E-state index is 12.0. The van der Waals surface area contributed by atoms with E-state index in [1.165, 1.54) is 11.3 Å². The summed E-state index contributed by atoms with van der Waals surface area (Å²) in [5.74, 6) is 1.35. The van der Waals surface area contributed by atoms with E-state index in [0.29, 0.717) is 18.9 Å². The molecule has 0 saturated heterocycles. The maximum absolute atomic E-state index is 12.0.